The van der Waals surface area contributed by atoms with E-state index in [1.165, 1.54) is 0 Å². The van der Waals surface area contributed by atoms with Crippen LogP contribution in [0.1, 0.15) is 23.0 Å². The fourth-order valence-corrected chi connectivity index (χ4v) is 3.05. The second-order valence-corrected chi connectivity index (χ2v) is 6.45. The molecular formula is C20H26N4O. The van der Waals surface area contributed by atoms with E-state index in [2.05, 4.69) is 28.8 Å². The van der Waals surface area contributed by atoms with Crippen LogP contribution in [0, 0.1) is 0 Å². The number of anilines is 1. The number of piperazine rings is 1. The minimum Gasteiger partial charge on any atom is -0.375 e. The molecule has 2 aromatic rings. The minimum absolute atomic E-state index is 0.128. The van der Waals surface area contributed by atoms with Gasteiger partial charge in [-0.25, -0.2) is 0 Å². The van der Waals surface area contributed by atoms with Gasteiger partial charge in [0, 0.05) is 63.8 Å². The van der Waals surface area contributed by atoms with E-state index < -0.39 is 0 Å². The van der Waals surface area contributed by atoms with Gasteiger partial charge in [0.05, 0.1) is 5.69 Å². The molecule has 0 unspecified atom stereocenters. The Hall–Kier alpha value is -2.40. The lowest BCUT2D eigenvalue weighted by Gasteiger charge is -2.34. The Morgan fingerprint density at radius 1 is 1.08 bits per heavy atom. The highest BCUT2D eigenvalue weighted by Crippen LogP contribution is 2.16. The van der Waals surface area contributed by atoms with Gasteiger partial charge in [0.1, 0.15) is 0 Å². The van der Waals surface area contributed by atoms with Crippen molar-refractivity contribution in [3.63, 3.8) is 0 Å². The summed E-state index contributed by atoms with van der Waals surface area (Å²) < 4.78 is 0. The third kappa shape index (κ3) is 4.37. The maximum absolute atomic E-state index is 12.7. The molecular weight excluding hydrogens is 312 g/mol. The van der Waals surface area contributed by atoms with Gasteiger partial charge in [-0.3, -0.25) is 14.7 Å². The molecule has 3 rings (SSSR count). The molecule has 5 nitrogen and oxygen atoms in total. The molecule has 0 N–H and O–H groups in total. The monoisotopic (exact) mass is 338 g/mol. The first-order chi connectivity index (χ1) is 12.2. The molecule has 1 fully saturated rings. The normalized spacial score (nSPS) is 15.2. The first-order valence-electron chi connectivity index (χ1n) is 8.90. The van der Waals surface area contributed by atoms with Crippen LogP contribution in [-0.2, 0) is 6.54 Å². The van der Waals surface area contributed by atoms with Crippen molar-refractivity contribution in [2.75, 3.05) is 44.7 Å². The Bertz CT molecular complexity index is 679. The summed E-state index contributed by atoms with van der Waals surface area (Å²) in [5.41, 5.74) is 2.99. The van der Waals surface area contributed by atoms with Gasteiger partial charge in [0.15, 0.2) is 0 Å². The Kier molecular flexibility index (Phi) is 5.66. The van der Waals surface area contributed by atoms with Crippen LogP contribution in [0.15, 0.2) is 48.7 Å². The molecule has 1 saturated heterocycles. The van der Waals surface area contributed by atoms with E-state index in [4.69, 9.17) is 0 Å². The summed E-state index contributed by atoms with van der Waals surface area (Å²) in [6.07, 6.45) is 1.83. The van der Waals surface area contributed by atoms with Gasteiger partial charge < -0.3 is 9.80 Å². The third-order valence-electron chi connectivity index (χ3n) is 4.80. The number of amides is 1. The van der Waals surface area contributed by atoms with Crippen molar-refractivity contribution in [1.82, 2.24) is 14.8 Å². The molecule has 0 aliphatic carbocycles. The highest BCUT2D eigenvalue weighted by Gasteiger charge is 2.22. The summed E-state index contributed by atoms with van der Waals surface area (Å²) >= 11 is 0. The molecule has 1 aliphatic heterocycles. The predicted octanol–water partition coefficient (Wildman–Crippen LogP) is 2.50. The van der Waals surface area contributed by atoms with Gasteiger partial charge in [-0.05, 0) is 43.3 Å². The van der Waals surface area contributed by atoms with Crippen molar-refractivity contribution in [1.29, 1.82) is 0 Å². The molecule has 0 radical (unpaired) electrons. The van der Waals surface area contributed by atoms with Crippen LogP contribution in [0.2, 0.25) is 0 Å². The van der Waals surface area contributed by atoms with Crippen molar-refractivity contribution < 1.29 is 4.79 Å². The summed E-state index contributed by atoms with van der Waals surface area (Å²) in [6.45, 7) is 7.22. The molecule has 25 heavy (non-hydrogen) atoms. The van der Waals surface area contributed by atoms with Crippen LogP contribution in [0.5, 0.6) is 0 Å². The van der Waals surface area contributed by atoms with Gasteiger partial charge in [-0.1, -0.05) is 6.07 Å². The molecule has 132 valence electrons. The Balaban J connectivity index is 1.54. The standard InChI is InChI=1S/C20H26N4O/c1-3-22(2)19-9-7-17(8-10-19)20(25)24-14-12-23(13-15-24)16-18-6-4-5-11-21-18/h4-11H,3,12-16H2,1-2H3. The molecule has 0 atom stereocenters. The molecule has 0 spiro atoms. The number of carbonyl (C=O) groups is 1. The number of pyridine rings is 1. The summed E-state index contributed by atoms with van der Waals surface area (Å²) in [7, 11) is 2.05. The van der Waals surface area contributed by atoms with E-state index in [1.807, 2.05) is 53.6 Å². The fraction of sp³-hybridized carbons (Fsp3) is 0.400. The molecule has 0 saturated carbocycles. The van der Waals surface area contributed by atoms with E-state index in [-0.39, 0.29) is 5.91 Å². The highest BCUT2D eigenvalue weighted by molar-refractivity contribution is 5.94. The first kappa shape index (κ1) is 17.4. The number of nitrogens with zero attached hydrogens (tertiary/aromatic N) is 4. The van der Waals surface area contributed by atoms with Crippen LogP contribution in [-0.4, -0.2) is 60.5 Å². The second-order valence-electron chi connectivity index (χ2n) is 6.45. The molecule has 5 heteroatoms. The Morgan fingerprint density at radius 2 is 1.80 bits per heavy atom. The number of benzene rings is 1. The van der Waals surface area contributed by atoms with Crippen molar-refractivity contribution in [3.8, 4) is 0 Å². The van der Waals surface area contributed by atoms with Gasteiger partial charge in [-0.15, -0.1) is 0 Å². The average Bonchev–Trinajstić information content (AvgIpc) is 2.68. The summed E-state index contributed by atoms with van der Waals surface area (Å²) in [4.78, 5) is 23.5. The molecule has 1 aromatic carbocycles. The smallest absolute Gasteiger partial charge is 0.253 e. The average molecular weight is 338 g/mol. The zero-order valence-corrected chi connectivity index (χ0v) is 15.1. The van der Waals surface area contributed by atoms with Crippen LogP contribution >= 0.6 is 0 Å². The van der Waals surface area contributed by atoms with Gasteiger partial charge >= 0.3 is 0 Å². The summed E-state index contributed by atoms with van der Waals surface area (Å²) in [5, 5.41) is 0. The number of carbonyl (C=O) groups excluding carboxylic acids is 1. The van der Waals surface area contributed by atoms with Gasteiger partial charge in [-0.2, -0.15) is 0 Å². The number of aromatic nitrogens is 1. The van der Waals surface area contributed by atoms with Crippen molar-refractivity contribution >= 4 is 11.6 Å². The van der Waals surface area contributed by atoms with Crippen LogP contribution in [0.25, 0.3) is 0 Å². The fourth-order valence-electron chi connectivity index (χ4n) is 3.05. The van der Waals surface area contributed by atoms with Crippen LogP contribution < -0.4 is 4.90 Å². The zero-order chi connectivity index (χ0) is 17.6. The molecule has 1 amide bonds. The summed E-state index contributed by atoms with van der Waals surface area (Å²) in [6, 6.07) is 13.9. The van der Waals surface area contributed by atoms with Crippen molar-refractivity contribution in [3.05, 3.63) is 59.9 Å². The number of hydrogen-bond acceptors (Lipinski definition) is 4. The van der Waals surface area contributed by atoms with E-state index >= 15 is 0 Å². The second kappa shape index (κ2) is 8.12. The van der Waals surface area contributed by atoms with E-state index in [1.54, 1.807) is 0 Å². The van der Waals surface area contributed by atoms with Crippen molar-refractivity contribution in [2.24, 2.45) is 0 Å². The van der Waals surface area contributed by atoms with Crippen LogP contribution in [0.3, 0.4) is 0 Å². The van der Waals surface area contributed by atoms with Gasteiger partial charge in [0.2, 0.25) is 0 Å². The molecule has 0 bridgehead atoms. The van der Waals surface area contributed by atoms with Crippen LogP contribution in [0.4, 0.5) is 5.69 Å². The highest BCUT2D eigenvalue weighted by atomic mass is 16.2. The summed E-state index contributed by atoms with van der Waals surface area (Å²) in [5.74, 6) is 0.128. The number of hydrogen-bond donors (Lipinski definition) is 0. The third-order valence-corrected chi connectivity index (χ3v) is 4.80. The van der Waals surface area contributed by atoms with E-state index in [0.717, 1.165) is 56.2 Å². The SMILES string of the molecule is CCN(C)c1ccc(C(=O)N2CCN(Cc3ccccn3)CC2)cc1. The largest absolute Gasteiger partial charge is 0.375 e. The number of rotatable bonds is 5. The predicted molar refractivity (Wildman–Crippen MR) is 101 cm³/mol. The maximum atomic E-state index is 12.7. The first-order valence-corrected chi connectivity index (χ1v) is 8.90. The van der Waals surface area contributed by atoms with E-state index in [9.17, 15) is 4.79 Å². The Labute approximate surface area is 149 Å². The molecule has 2 heterocycles. The molecule has 1 aromatic heterocycles. The topological polar surface area (TPSA) is 39.7 Å². The quantitative estimate of drug-likeness (QED) is 0.840. The Morgan fingerprint density at radius 3 is 2.40 bits per heavy atom. The lowest BCUT2D eigenvalue weighted by molar-refractivity contribution is 0.0627. The van der Waals surface area contributed by atoms with Gasteiger partial charge in [0.25, 0.3) is 5.91 Å². The van der Waals surface area contributed by atoms with Crippen molar-refractivity contribution in [2.45, 2.75) is 13.5 Å². The lowest BCUT2D eigenvalue weighted by Crippen LogP contribution is -2.48. The van der Waals surface area contributed by atoms with E-state index in [0.29, 0.717) is 0 Å². The minimum atomic E-state index is 0.128. The molecule has 1 aliphatic rings. The zero-order valence-electron chi connectivity index (χ0n) is 15.1. The lowest BCUT2D eigenvalue weighted by atomic mass is 10.1. The maximum Gasteiger partial charge on any atom is 0.253 e.